The maximum absolute atomic E-state index is 11.9. The number of hydrogen-bond donors (Lipinski definition) is 2. The molecule has 2 amide bonds. The van der Waals surface area contributed by atoms with Crippen LogP contribution in [0.15, 0.2) is 49.1 Å². The Kier molecular flexibility index (Phi) is 8.11. The maximum atomic E-state index is 11.9. The Hall–Kier alpha value is -2.76. The molecule has 6 heteroatoms. The van der Waals surface area contributed by atoms with Crippen LogP contribution < -0.4 is 19.8 Å². The molecule has 2 aromatic heterocycles. The monoisotopic (exact) mass is 384 g/mol. The van der Waals surface area contributed by atoms with E-state index in [1.807, 2.05) is 58.2 Å². The first kappa shape index (κ1) is 21.5. The van der Waals surface area contributed by atoms with Crippen molar-refractivity contribution in [1.29, 1.82) is 0 Å². The largest absolute Gasteiger partial charge is 0.350 e. The molecular formula is C22H32N4O2+2. The minimum absolute atomic E-state index is 0.0166. The fourth-order valence-electron chi connectivity index (χ4n) is 2.59. The highest BCUT2D eigenvalue weighted by atomic mass is 16.2. The Balaban J connectivity index is 1.91. The van der Waals surface area contributed by atoms with Crippen molar-refractivity contribution in [2.75, 3.05) is 13.1 Å². The van der Waals surface area contributed by atoms with Crippen molar-refractivity contribution in [2.45, 2.75) is 40.8 Å². The Morgan fingerprint density at radius 1 is 0.714 bits per heavy atom. The topological polar surface area (TPSA) is 66.0 Å². The molecule has 0 bridgehead atoms. The summed E-state index contributed by atoms with van der Waals surface area (Å²) in [5, 5.41) is 5.84. The van der Waals surface area contributed by atoms with Gasteiger partial charge in [0.05, 0.1) is 0 Å². The van der Waals surface area contributed by atoms with Crippen molar-refractivity contribution in [3.63, 3.8) is 0 Å². The van der Waals surface area contributed by atoms with Crippen molar-refractivity contribution in [3.8, 4) is 11.1 Å². The zero-order valence-electron chi connectivity index (χ0n) is 17.3. The molecule has 6 nitrogen and oxygen atoms in total. The average molecular weight is 385 g/mol. The van der Waals surface area contributed by atoms with Gasteiger partial charge < -0.3 is 10.6 Å². The molecular weight excluding hydrogens is 352 g/mol. The van der Waals surface area contributed by atoms with E-state index >= 15 is 0 Å². The van der Waals surface area contributed by atoms with Crippen LogP contribution in [0.2, 0.25) is 0 Å². The van der Waals surface area contributed by atoms with Gasteiger partial charge in [0.25, 0.3) is 11.8 Å². The van der Waals surface area contributed by atoms with Crippen LogP contribution in [-0.4, -0.2) is 24.9 Å². The standard InChI is InChI=1S/C22H30N4O2/c1-17(2)13-23-21(27)15-25-9-5-19(6-10-25)20-7-11-26(12-8-20)16-22(28)24-14-18(3)4/h5-12,17-18H,13-16H2,1-4H3/p+2. The third-order valence-corrected chi connectivity index (χ3v) is 4.18. The third-order valence-electron chi connectivity index (χ3n) is 4.18. The van der Waals surface area contributed by atoms with E-state index in [1.54, 1.807) is 0 Å². The molecule has 0 saturated carbocycles. The summed E-state index contributed by atoms with van der Waals surface area (Å²) in [4.78, 5) is 23.8. The first-order chi connectivity index (χ1) is 13.3. The lowest BCUT2D eigenvalue weighted by Crippen LogP contribution is -2.43. The van der Waals surface area contributed by atoms with Crippen LogP contribution in [0.25, 0.3) is 11.1 Å². The second kappa shape index (κ2) is 10.5. The maximum Gasteiger partial charge on any atom is 0.285 e. The number of hydrogen-bond acceptors (Lipinski definition) is 2. The summed E-state index contributed by atoms with van der Waals surface area (Å²) in [5.74, 6) is 0.919. The minimum atomic E-state index is 0.0166. The van der Waals surface area contributed by atoms with Gasteiger partial charge in [-0.2, -0.15) is 9.13 Å². The zero-order chi connectivity index (χ0) is 20.5. The molecule has 0 aliphatic carbocycles. The second-order valence-corrected chi connectivity index (χ2v) is 7.91. The van der Waals surface area contributed by atoms with E-state index < -0.39 is 0 Å². The fourth-order valence-corrected chi connectivity index (χ4v) is 2.59. The second-order valence-electron chi connectivity index (χ2n) is 7.91. The SMILES string of the molecule is CC(C)CNC(=O)C[n+]1ccc(-c2cc[n+](CC(=O)NCC(C)C)cc2)cc1. The predicted octanol–water partition coefficient (Wildman–Crippen LogP) is 1.47. The molecule has 2 N–H and O–H groups in total. The number of nitrogens with one attached hydrogen (secondary N) is 2. The lowest BCUT2D eigenvalue weighted by atomic mass is 10.1. The number of rotatable bonds is 9. The van der Waals surface area contributed by atoms with Crippen LogP contribution >= 0.6 is 0 Å². The van der Waals surface area contributed by atoms with E-state index in [-0.39, 0.29) is 11.8 Å². The van der Waals surface area contributed by atoms with Gasteiger partial charge in [0, 0.05) is 37.4 Å². The van der Waals surface area contributed by atoms with Crippen LogP contribution in [0.4, 0.5) is 0 Å². The van der Waals surface area contributed by atoms with Crippen LogP contribution in [-0.2, 0) is 22.7 Å². The Morgan fingerprint density at radius 3 is 1.32 bits per heavy atom. The van der Waals surface area contributed by atoms with E-state index in [2.05, 4.69) is 38.3 Å². The summed E-state index contributed by atoms with van der Waals surface area (Å²) >= 11 is 0. The molecule has 28 heavy (non-hydrogen) atoms. The molecule has 2 rings (SSSR count). The van der Waals surface area contributed by atoms with Gasteiger partial charge in [-0.15, -0.1) is 0 Å². The van der Waals surface area contributed by atoms with Gasteiger partial charge in [-0.25, -0.2) is 0 Å². The number of aromatic nitrogens is 2. The highest BCUT2D eigenvalue weighted by molar-refractivity contribution is 5.74. The number of carbonyl (C=O) groups is 2. The van der Waals surface area contributed by atoms with E-state index in [4.69, 9.17) is 0 Å². The zero-order valence-corrected chi connectivity index (χ0v) is 17.3. The first-order valence-electron chi connectivity index (χ1n) is 9.85. The van der Waals surface area contributed by atoms with Gasteiger partial charge in [-0.05, 0) is 23.0 Å². The molecule has 2 heterocycles. The smallest absolute Gasteiger partial charge is 0.285 e. The van der Waals surface area contributed by atoms with E-state index in [0.717, 1.165) is 11.1 Å². The summed E-state index contributed by atoms with van der Waals surface area (Å²) < 4.78 is 3.72. The van der Waals surface area contributed by atoms with Crippen molar-refractivity contribution >= 4 is 11.8 Å². The molecule has 0 saturated heterocycles. The van der Waals surface area contributed by atoms with Crippen molar-refractivity contribution < 1.29 is 18.7 Å². The minimum Gasteiger partial charge on any atom is -0.350 e. The van der Waals surface area contributed by atoms with Gasteiger partial charge in [-0.1, -0.05) is 27.7 Å². The lowest BCUT2D eigenvalue weighted by molar-refractivity contribution is -0.684. The normalized spacial score (nSPS) is 10.9. The van der Waals surface area contributed by atoms with E-state index in [1.165, 1.54) is 0 Å². The van der Waals surface area contributed by atoms with Gasteiger partial charge in [0.2, 0.25) is 13.1 Å². The molecule has 0 aliphatic rings. The number of amides is 2. The van der Waals surface area contributed by atoms with Crippen LogP contribution in [0, 0.1) is 11.8 Å². The summed E-state index contributed by atoms with van der Waals surface area (Å²) in [5.41, 5.74) is 2.13. The predicted molar refractivity (Wildman–Crippen MR) is 108 cm³/mol. The molecule has 0 spiro atoms. The fraction of sp³-hybridized carbons (Fsp3) is 0.455. The molecule has 0 fully saturated rings. The highest BCUT2D eigenvalue weighted by Crippen LogP contribution is 2.15. The molecule has 2 aromatic rings. The molecule has 0 radical (unpaired) electrons. The molecule has 0 aliphatic heterocycles. The summed E-state index contributed by atoms with van der Waals surface area (Å²) in [6.07, 6.45) is 7.63. The molecule has 0 atom stereocenters. The van der Waals surface area contributed by atoms with Crippen LogP contribution in [0.5, 0.6) is 0 Å². The summed E-state index contributed by atoms with van der Waals surface area (Å²) in [7, 11) is 0. The van der Waals surface area contributed by atoms with Gasteiger partial charge in [-0.3, -0.25) is 9.59 Å². The highest BCUT2D eigenvalue weighted by Gasteiger charge is 2.12. The van der Waals surface area contributed by atoms with E-state index in [9.17, 15) is 9.59 Å². The lowest BCUT2D eigenvalue weighted by Gasteiger charge is -2.06. The van der Waals surface area contributed by atoms with Gasteiger partial charge >= 0.3 is 0 Å². The third kappa shape index (κ3) is 7.47. The van der Waals surface area contributed by atoms with Gasteiger partial charge in [0.15, 0.2) is 24.8 Å². The first-order valence-corrected chi connectivity index (χ1v) is 9.85. The summed E-state index contributed by atoms with van der Waals surface area (Å²) in [6, 6.07) is 7.96. The number of nitrogens with zero attached hydrogens (tertiary/aromatic N) is 2. The Bertz CT molecular complexity index is 701. The van der Waals surface area contributed by atoms with E-state index in [0.29, 0.717) is 38.0 Å². The number of carbonyl (C=O) groups excluding carboxylic acids is 2. The Morgan fingerprint density at radius 2 is 1.04 bits per heavy atom. The molecule has 0 unspecified atom stereocenters. The van der Waals surface area contributed by atoms with Crippen molar-refractivity contribution in [1.82, 2.24) is 10.6 Å². The van der Waals surface area contributed by atoms with Gasteiger partial charge in [0.1, 0.15) is 0 Å². The molecule has 0 aromatic carbocycles. The van der Waals surface area contributed by atoms with Crippen molar-refractivity contribution in [2.24, 2.45) is 11.8 Å². The average Bonchev–Trinajstić information content (AvgIpc) is 2.66. The molecule has 150 valence electrons. The van der Waals surface area contributed by atoms with Crippen molar-refractivity contribution in [3.05, 3.63) is 49.1 Å². The number of pyridine rings is 2. The Labute approximate surface area is 167 Å². The van der Waals surface area contributed by atoms with Crippen LogP contribution in [0.1, 0.15) is 27.7 Å². The van der Waals surface area contributed by atoms with Crippen LogP contribution in [0.3, 0.4) is 0 Å². The summed E-state index contributed by atoms with van der Waals surface area (Å²) in [6.45, 7) is 10.3. The quantitative estimate of drug-likeness (QED) is 0.643.